The number of nitriles is 1. The van der Waals surface area contributed by atoms with E-state index in [9.17, 15) is 0 Å². The molecule has 2 nitrogen and oxygen atoms in total. The van der Waals surface area contributed by atoms with Gasteiger partial charge in [0.15, 0.2) is 0 Å². The molecule has 0 saturated carbocycles. The summed E-state index contributed by atoms with van der Waals surface area (Å²) in [6.45, 7) is 4.05. The molecule has 1 saturated heterocycles. The number of hydrogen-bond acceptors (Lipinski definition) is 2. The SMILES string of the molecule is CC(C#N)C1CNC1. The molecule has 0 aliphatic carbocycles. The zero-order chi connectivity index (χ0) is 5.98. The highest BCUT2D eigenvalue weighted by atomic mass is 14.9. The van der Waals surface area contributed by atoms with Gasteiger partial charge in [0.1, 0.15) is 0 Å². The molecule has 0 amide bonds. The fraction of sp³-hybridized carbons (Fsp3) is 0.833. The summed E-state index contributed by atoms with van der Waals surface area (Å²) in [6, 6.07) is 2.23. The third-order valence-electron chi connectivity index (χ3n) is 1.72. The van der Waals surface area contributed by atoms with E-state index in [1.165, 1.54) is 0 Å². The Bertz CT molecular complexity index is 110. The topological polar surface area (TPSA) is 35.8 Å². The highest BCUT2D eigenvalue weighted by Gasteiger charge is 2.22. The molecule has 1 unspecified atom stereocenters. The van der Waals surface area contributed by atoms with Crippen LogP contribution in [-0.2, 0) is 0 Å². The van der Waals surface area contributed by atoms with Crippen molar-refractivity contribution in [2.45, 2.75) is 6.92 Å². The van der Waals surface area contributed by atoms with Gasteiger partial charge in [-0.15, -0.1) is 0 Å². The normalized spacial score (nSPS) is 23.5. The lowest BCUT2D eigenvalue weighted by atomic mass is 9.90. The molecule has 1 fully saturated rings. The zero-order valence-corrected chi connectivity index (χ0v) is 5.02. The Labute approximate surface area is 49.5 Å². The average molecular weight is 110 g/mol. The maximum atomic E-state index is 8.39. The Morgan fingerprint density at radius 3 is 2.50 bits per heavy atom. The largest absolute Gasteiger partial charge is 0.316 e. The highest BCUT2D eigenvalue weighted by molar-refractivity contribution is 4.90. The molecule has 8 heavy (non-hydrogen) atoms. The first-order chi connectivity index (χ1) is 3.84. The Morgan fingerprint density at radius 2 is 2.38 bits per heavy atom. The summed E-state index contributed by atoms with van der Waals surface area (Å²) in [7, 11) is 0. The molecular weight excluding hydrogens is 100 g/mol. The van der Waals surface area contributed by atoms with Crippen LogP contribution in [0.15, 0.2) is 0 Å². The summed E-state index contributed by atoms with van der Waals surface area (Å²) >= 11 is 0. The molecule has 44 valence electrons. The van der Waals surface area contributed by atoms with Crippen LogP contribution in [0.1, 0.15) is 6.92 Å². The highest BCUT2D eigenvalue weighted by Crippen LogP contribution is 2.13. The summed E-state index contributed by atoms with van der Waals surface area (Å²) in [5, 5.41) is 11.5. The Hall–Kier alpha value is -0.550. The molecule has 1 aliphatic heterocycles. The van der Waals surface area contributed by atoms with Crippen LogP contribution >= 0.6 is 0 Å². The average Bonchev–Trinajstić information content (AvgIpc) is 1.62. The summed E-state index contributed by atoms with van der Waals surface area (Å²) < 4.78 is 0. The minimum absolute atomic E-state index is 0.247. The molecular formula is C6H10N2. The third-order valence-corrected chi connectivity index (χ3v) is 1.72. The van der Waals surface area contributed by atoms with E-state index in [0.717, 1.165) is 13.1 Å². The Morgan fingerprint density at radius 1 is 1.75 bits per heavy atom. The van der Waals surface area contributed by atoms with E-state index in [2.05, 4.69) is 11.4 Å². The van der Waals surface area contributed by atoms with E-state index in [-0.39, 0.29) is 5.92 Å². The second-order valence-electron chi connectivity index (χ2n) is 2.34. The lowest BCUT2D eigenvalue weighted by Crippen LogP contribution is -2.45. The van der Waals surface area contributed by atoms with Crippen LogP contribution in [0.4, 0.5) is 0 Å². The van der Waals surface area contributed by atoms with Gasteiger partial charge in [-0.1, -0.05) is 0 Å². The first-order valence-corrected chi connectivity index (χ1v) is 2.95. The molecule has 1 heterocycles. The molecule has 2 heteroatoms. The molecule has 0 aromatic heterocycles. The van der Waals surface area contributed by atoms with Gasteiger partial charge in [-0.3, -0.25) is 0 Å². The maximum absolute atomic E-state index is 8.39. The third kappa shape index (κ3) is 0.823. The maximum Gasteiger partial charge on any atom is 0.0656 e. The Balaban J connectivity index is 2.26. The fourth-order valence-electron chi connectivity index (χ4n) is 0.770. The van der Waals surface area contributed by atoms with Gasteiger partial charge in [-0.05, 0) is 12.8 Å². The number of nitrogens with zero attached hydrogens (tertiary/aromatic N) is 1. The predicted molar refractivity (Wildman–Crippen MR) is 31.1 cm³/mol. The van der Waals surface area contributed by atoms with Gasteiger partial charge >= 0.3 is 0 Å². The molecule has 0 aromatic rings. The number of nitrogens with one attached hydrogen (secondary N) is 1. The van der Waals surface area contributed by atoms with Crippen molar-refractivity contribution in [2.24, 2.45) is 11.8 Å². The lowest BCUT2D eigenvalue weighted by molar-refractivity contribution is 0.291. The summed E-state index contributed by atoms with van der Waals surface area (Å²) in [5.41, 5.74) is 0. The van der Waals surface area contributed by atoms with Crippen molar-refractivity contribution in [3.05, 3.63) is 0 Å². The standard InChI is InChI=1S/C6H10N2/c1-5(2-7)6-3-8-4-6/h5-6,8H,3-4H2,1H3. The number of hydrogen-bond donors (Lipinski definition) is 1. The predicted octanol–water partition coefficient (Wildman–Crippen LogP) is 0.365. The molecule has 1 rings (SSSR count). The second-order valence-corrected chi connectivity index (χ2v) is 2.34. The van der Waals surface area contributed by atoms with E-state index >= 15 is 0 Å². The van der Waals surface area contributed by atoms with Crippen molar-refractivity contribution < 1.29 is 0 Å². The monoisotopic (exact) mass is 110 g/mol. The molecule has 0 bridgehead atoms. The second kappa shape index (κ2) is 2.15. The van der Waals surface area contributed by atoms with Crippen LogP contribution in [0.25, 0.3) is 0 Å². The Kier molecular flexibility index (Phi) is 1.50. The van der Waals surface area contributed by atoms with Gasteiger partial charge < -0.3 is 5.32 Å². The summed E-state index contributed by atoms with van der Waals surface area (Å²) in [6.07, 6.45) is 0. The molecule has 0 aromatic carbocycles. The van der Waals surface area contributed by atoms with E-state index in [1.807, 2.05) is 6.92 Å². The van der Waals surface area contributed by atoms with E-state index in [4.69, 9.17) is 5.26 Å². The molecule has 0 spiro atoms. The molecule has 1 aliphatic rings. The lowest BCUT2D eigenvalue weighted by Gasteiger charge is -2.28. The van der Waals surface area contributed by atoms with Gasteiger partial charge in [0.25, 0.3) is 0 Å². The van der Waals surface area contributed by atoms with E-state index < -0.39 is 0 Å². The van der Waals surface area contributed by atoms with Crippen LogP contribution in [0.3, 0.4) is 0 Å². The van der Waals surface area contributed by atoms with Gasteiger partial charge in [0, 0.05) is 19.0 Å². The van der Waals surface area contributed by atoms with Crippen molar-refractivity contribution in [3.63, 3.8) is 0 Å². The van der Waals surface area contributed by atoms with Gasteiger partial charge in [0.2, 0.25) is 0 Å². The molecule has 0 radical (unpaired) electrons. The van der Waals surface area contributed by atoms with E-state index in [1.54, 1.807) is 0 Å². The van der Waals surface area contributed by atoms with Gasteiger partial charge in [-0.25, -0.2) is 0 Å². The quantitative estimate of drug-likeness (QED) is 0.529. The first kappa shape index (κ1) is 5.58. The molecule has 1 atom stereocenters. The van der Waals surface area contributed by atoms with Crippen molar-refractivity contribution in [1.82, 2.24) is 5.32 Å². The van der Waals surface area contributed by atoms with E-state index in [0.29, 0.717) is 5.92 Å². The summed E-state index contributed by atoms with van der Waals surface area (Å²) in [5.74, 6) is 0.872. The van der Waals surface area contributed by atoms with Crippen LogP contribution in [-0.4, -0.2) is 13.1 Å². The summed E-state index contributed by atoms with van der Waals surface area (Å²) in [4.78, 5) is 0. The van der Waals surface area contributed by atoms with Crippen molar-refractivity contribution in [3.8, 4) is 6.07 Å². The van der Waals surface area contributed by atoms with Crippen molar-refractivity contribution in [1.29, 1.82) is 5.26 Å². The smallest absolute Gasteiger partial charge is 0.0656 e. The van der Waals surface area contributed by atoms with Gasteiger partial charge in [0.05, 0.1) is 6.07 Å². The van der Waals surface area contributed by atoms with Crippen LogP contribution < -0.4 is 5.32 Å². The molecule has 1 N–H and O–H groups in total. The zero-order valence-electron chi connectivity index (χ0n) is 5.02. The first-order valence-electron chi connectivity index (χ1n) is 2.95. The van der Waals surface area contributed by atoms with Crippen molar-refractivity contribution in [2.75, 3.05) is 13.1 Å². The van der Waals surface area contributed by atoms with Crippen molar-refractivity contribution >= 4 is 0 Å². The van der Waals surface area contributed by atoms with Crippen LogP contribution in [0, 0.1) is 23.2 Å². The minimum Gasteiger partial charge on any atom is -0.316 e. The van der Waals surface area contributed by atoms with Gasteiger partial charge in [-0.2, -0.15) is 5.26 Å². The van der Waals surface area contributed by atoms with Crippen LogP contribution in [0.2, 0.25) is 0 Å². The fourth-order valence-corrected chi connectivity index (χ4v) is 0.770. The number of rotatable bonds is 1. The minimum atomic E-state index is 0.247. The van der Waals surface area contributed by atoms with Crippen LogP contribution in [0.5, 0.6) is 0 Å².